The molecule has 0 spiro atoms. The molecule has 7 aliphatic carbocycles. The Hall–Kier alpha value is -11.5. The zero-order chi connectivity index (χ0) is 104. The zero-order valence-electron chi connectivity index (χ0n) is 80.4. The van der Waals surface area contributed by atoms with E-state index in [2.05, 4.69) is 194 Å². The molecule has 20 rings (SSSR count). The highest BCUT2D eigenvalue weighted by Gasteiger charge is 2.81. The number of carbonyl (C=O) groups is 2. The van der Waals surface area contributed by atoms with Crippen LogP contribution in [0.15, 0.2) is 301 Å². The van der Waals surface area contributed by atoms with Crippen molar-refractivity contribution in [2.24, 2.45) is 46.3 Å². The number of halogens is 10. The van der Waals surface area contributed by atoms with E-state index < -0.39 is 104 Å². The average molecular weight is 2100 g/mol. The minimum atomic E-state index is -7.32. The molecule has 1 N–H and O–H groups in total. The van der Waals surface area contributed by atoms with Gasteiger partial charge in [0, 0.05) is 18.3 Å². The molecule has 0 radical (unpaired) electrons. The Morgan fingerprint density at radius 1 is 0.538 bits per heavy atom. The smallest absolute Gasteiger partial charge is 0.450 e. The Kier molecular flexibility index (Phi) is 37.0. The highest BCUT2D eigenvalue weighted by Crippen LogP contribution is 2.64. The SMILES string of the molecule is CC(C)C(=O)OC1C2CC3C1OC(=O)C3(C#N)C2.CCc1ccc(O)cc1.CCc1ccc(OC(CC23CC4CC(CC(C4)C2)C3)OCCOC2CCCCC2)cc1.CCc1ccc(OS(=O)(=O)C(F)(F)C(F)(F)C(F)(F)S(=O)(=O)[O-])cc1.CCc1ccc(Oc2c(F)c(F)c(S(=O)(=O)[O-])c(F)c2F)cc1.c1ccc([S+](c2ccccc2)c2ccccc2)cc1.c1ccc([S+]2c3ccccc3Oc3ccccc32)cc1. The molecule has 2 aliphatic heterocycles. The van der Waals surface area contributed by atoms with E-state index in [0.29, 0.717) is 55.3 Å². The molecular formula is C110H113F10NO19S5. The second kappa shape index (κ2) is 48.5. The second-order valence-corrected chi connectivity index (χ2v) is 45.2. The number of fused-ring (bicyclic) bond motifs is 3. The van der Waals surface area contributed by atoms with E-state index in [1.54, 1.807) is 45.0 Å². The molecule has 9 aliphatic rings. The number of phenols is 1. The first-order chi connectivity index (χ1) is 69.1. The molecule has 8 fully saturated rings. The summed E-state index contributed by atoms with van der Waals surface area (Å²) in [6.45, 7) is 12.7. The minimum absolute atomic E-state index is 0.0146. The van der Waals surface area contributed by atoms with Crippen LogP contribution in [-0.4, -0.2) is 106 Å². The minimum Gasteiger partial charge on any atom is -0.744 e. The molecule has 20 nitrogen and oxygen atoms in total. The molecule has 11 aromatic rings. The summed E-state index contributed by atoms with van der Waals surface area (Å²) in [7, 11) is -20.0. The normalized spacial score (nSPS) is 20.7. The van der Waals surface area contributed by atoms with Gasteiger partial charge < -0.3 is 51.6 Å². The van der Waals surface area contributed by atoms with Gasteiger partial charge in [-0.3, -0.25) is 9.59 Å². The Morgan fingerprint density at radius 3 is 1.40 bits per heavy atom. The first-order valence-corrected chi connectivity index (χ1v) is 54.6. The predicted molar refractivity (Wildman–Crippen MR) is 524 cm³/mol. The molecule has 145 heavy (non-hydrogen) atoms. The molecular weight excluding hydrogens is 1990 g/mol. The van der Waals surface area contributed by atoms with Crippen LogP contribution in [0.1, 0.15) is 154 Å². The molecule has 2 heterocycles. The number of benzene rings is 11. The lowest BCUT2D eigenvalue weighted by molar-refractivity contribution is -0.247. The van der Waals surface area contributed by atoms with Crippen LogP contribution >= 0.6 is 0 Å². The molecule has 0 aromatic heterocycles. The van der Waals surface area contributed by atoms with Crippen molar-refractivity contribution in [1.29, 1.82) is 5.26 Å². The van der Waals surface area contributed by atoms with E-state index in [1.165, 1.54) is 135 Å². The predicted octanol–water partition coefficient (Wildman–Crippen LogP) is 25.4. The van der Waals surface area contributed by atoms with Gasteiger partial charge in [0.25, 0.3) is 0 Å². The van der Waals surface area contributed by atoms with E-state index in [-0.39, 0.29) is 63.7 Å². The van der Waals surface area contributed by atoms with Gasteiger partial charge in [-0.1, -0.05) is 206 Å². The van der Waals surface area contributed by atoms with Crippen LogP contribution in [0, 0.1) is 80.9 Å². The summed E-state index contributed by atoms with van der Waals surface area (Å²) in [6, 6.07) is 87.1. The molecule has 1 saturated heterocycles. The largest absolute Gasteiger partial charge is 0.744 e. The van der Waals surface area contributed by atoms with Crippen LogP contribution in [0.5, 0.6) is 40.2 Å². The number of rotatable bonds is 28. The molecule has 6 unspecified atom stereocenters. The molecule has 7 saturated carbocycles. The summed E-state index contributed by atoms with van der Waals surface area (Å²) >= 11 is 0. The van der Waals surface area contributed by atoms with Gasteiger partial charge in [0.2, 0.25) is 27.2 Å². The third-order valence-corrected chi connectivity index (χ3v) is 34.2. The number of alkyl halides is 6. The Morgan fingerprint density at radius 2 is 0.966 bits per heavy atom. The molecule has 772 valence electrons. The molecule has 6 atom stereocenters. The van der Waals surface area contributed by atoms with Gasteiger partial charge in [-0.05, 0) is 257 Å². The van der Waals surface area contributed by atoms with E-state index in [4.69, 9.17) is 38.3 Å². The van der Waals surface area contributed by atoms with Gasteiger partial charge in [-0.15, -0.1) is 0 Å². The highest BCUT2D eigenvalue weighted by molar-refractivity contribution is 7.97. The first-order valence-electron chi connectivity index (χ1n) is 47.9. The summed E-state index contributed by atoms with van der Waals surface area (Å²) in [5.41, 5.74) is 3.55. The number of ether oxygens (including phenoxy) is 7. The van der Waals surface area contributed by atoms with Crippen molar-refractivity contribution in [2.75, 3.05) is 13.2 Å². The number of esters is 2. The van der Waals surface area contributed by atoms with Crippen molar-refractivity contribution in [2.45, 2.75) is 232 Å². The summed E-state index contributed by atoms with van der Waals surface area (Å²) < 4.78 is 263. The lowest BCUT2D eigenvalue weighted by Gasteiger charge is -2.57. The van der Waals surface area contributed by atoms with E-state index in [0.717, 1.165) is 78.4 Å². The second-order valence-electron chi connectivity index (χ2n) is 36.9. The van der Waals surface area contributed by atoms with Crippen molar-refractivity contribution in [3.05, 3.63) is 312 Å². The number of aromatic hydroxyl groups is 1. The monoisotopic (exact) mass is 2100 g/mol. The summed E-state index contributed by atoms with van der Waals surface area (Å²) in [5.74, 6) is -13.3. The van der Waals surface area contributed by atoms with Gasteiger partial charge in [-0.2, -0.15) is 48.8 Å². The van der Waals surface area contributed by atoms with E-state index >= 15 is 0 Å². The number of nitrogens with zero attached hydrogens (tertiary/aromatic N) is 1. The fourth-order valence-electron chi connectivity index (χ4n) is 19.7. The number of aryl methyl sites for hydroxylation is 4. The van der Waals surface area contributed by atoms with Gasteiger partial charge in [0.15, 0.2) is 64.5 Å². The van der Waals surface area contributed by atoms with Crippen molar-refractivity contribution < 1.29 is 130 Å². The quantitative estimate of drug-likeness (QED) is 0.00696. The maximum absolute atomic E-state index is 13.8. The Balaban J connectivity index is 0.000000144. The maximum atomic E-state index is 13.8. The summed E-state index contributed by atoms with van der Waals surface area (Å²) in [6.07, 6.45) is 20.1. The zero-order valence-corrected chi connectivity index (χ0v) is 84.5. The molecule has 0 amide bonds. The van der Waals surface area contributed by atoms with Crippen molar-refractivity contribution in [1.82, 2.24) is 0 Å². The van der Waals surface area contributed by atoms with Crippen molar-refractivity contribution >= 4 is 64.1 Å². The Bertz CT molecular complexity index is 6380. The number of para-hydroxylation sites is 2. The maximum Gasteiger partial charge on any atom is 0.450 e. The van der Waals surface area contributed by atoms with Crippen molar-refractivity contribution in [3.63, 3.8) is 0 Å². The van der Waals surface area contributed by atoms with Crippen molar-refractivity contribution in [3.8, 4) is 46.3 Å². The third kappa shape index (κ3) is 26.4. The lowest BCUT2D eigenvalue weighted by Crippen LogP contribution is -2.61. The number of hydrogen-bond donors (Lipinski definition) is 1. The summed E-state index contributed by atoms with van der Waals surface area (Å²) in [4.78, 5) is 29.2. The van der Waals surface area contributed by atoms with Gasteiger partial charge in [-0.25, -0.2) is 25.6 Å². The van der Waals surface area contributed by atoms with Crippen LogP contribution < -0.4 is 18.4 Å². The van der Waals surface area contributed by atoms with Gasteiger partial charge in [0.05, 0.1) is 42.2 Å². The van der Waals surface area contributed by atoms with Gasteiger partial charge in [0.1, 0.15) is 61.1 Å². The number of hydrogen-bond acceptors (Lipinski definition) is 20. The lowest BCUT2D eigenvalue weighted by atomic mass is 9.49. The van der Waals surface area contributed by atoms with E-state index in [9.17, 15) is 93.1 Å². The standard InChI is InChI=1S/C28H42O3.C18H13OS.C18H15S.C14H10F4O4S.C13H15NO4.C11H10F6O6S2.C8H10O/c1-2-21-8-10-26(11-9-21)31-27(30-13-12-29-25-6-4-3-5-7-25)20-28-17-22-14-23(18-28)16-24(15-22)19-28;1-2-8-14(9-3-1)20-17-12-6-4-10-15(17)19-16-11-5-7-13-18(16)20;1-4-10-16(11-5-1)19(17-12-6-2-7-13-17)18-14-8-3-9-15-18;1-2-7-3-5-8(6-4-7)22-13-9(15)11(17)14(23(19,20)21)12(18)10(13)16;1-6(2)11(15)17-9-7-3-8-10(9)18-12(16)13(8,4-7)5-14;1-2-7-3-5-8(6-4-7)23-25(21,22)11(16,17)9(12,13)10(14,15)24(18,19)20;1-2-7-3-5-8(9)6-4-7/h8-11,22-25,27H,2-7,12-20H2,1H3;1-13H;1-15H;3-6H,2H2,1H3,(H,19,20,21);6-10H,3-4H2,1-2H3;3-6H,2H2,1H3,(H,18,19,20);3-6,9H,2H2,1H3/q;2*+1;;;;/p-2. The molecule has 11 aromatic carbocycles. The fraction of sp³-hybridized carbons (Fsp3) is 0.373. The van der Waals surface area contributed by atoms with Crippen LogP contribution in [-0.2, 0) is 106 Å². The van der Waals surface area contributed by atoms with Crippen LogP contribution in [0.4, 0.5) is 43.9 Å². The van der Waals surface area contributed by atoms with Crippen LogP contribution in [0.2, 0.25) is 0 Å². The fourth-order valence-corrected chi connectivity index (χ4v) is 26.1. The Labute approximate surface area is 844 Å². The van der Waals surface area contributed by atoms with Crippen LogP contribution in [0.25, 0.3) is 0 Å². The number of nitriles is 1. The van der Waals surface area contributed by atoms with Gasteiger partial charge >= 0.3 is 38.5 Å². The third-order valence-electron chi connectivity index (χ3n) is 26.6. The number of phenolic OH excluding ortho intramolecular Hbond substituents is 1. The summed E-state index contributed by atoms with van der Waals surface area (Å²) in [5, 5.41) is 4.44. The first kappa shape index (κ1) is 111. The van der Waals surface area contributed by atoms with E-state index in [1.807, 2.05) is 43.3 Å². The highest BCUT2D eigenvalue weighted by atomic mass is 32.2. The van der Waals surface area contributed by atoms with Crippen LogP contribution in [0.3, 0.4) is 0 Å². The molecule has 35 heteroatoms. The number of carbonyl (C=O) groups excluding carboxylic acids is 2. The molecule has 6 bridgehead atoms. The average Bonchev–Trinajstić information content (AvgIpc) is 1.56. The topological polar surface area (TPSA) is 301 Å².